The molecule has 1 aliphatic heterocycles. The summed E-state index contributed by atoms with van der Waals surface area (Å²) in [5.74, 6) is 0. The van der Waals surface area contributed by atoms with Gasteiger partial charge in [-0.3, -0.25) is 4.90 Å². The van der Waals surface area contributed by atoms with Crippen LogP contribution in [0.1, 0.15) is 40.0 Å². The van der Waals surface area contributed by atoms with Gasteiger partial charge in [-0.05, 0) is 46.6 Å². The summed E-state index contributed by atoms with van der Waals surface area (Å²) in [5.41, 5.74) is 5.78. The molecule has 3 atom stereocenters. The number of likely N-dealkylation sites (tertiary alicyclic amines) is 1. The molecule has 2 N–H and O–H groups in total. The van der Waals surface area contributed by atoms with Gasteiger partial charge in [-0.2, -0.15) is 0 Å². The largest absolute Gasteiger partial charge is 0.328 e. The van der Waals surface area contributed by atoms with E-state index in [2.05, 4.69) is 25.7 Å². The van der Waals surface area contributed by atoms with E-state index in [9.17, 15) is 0 Å². The van der Waals surface area contributed by atoms with E-state index in [-0.39, 0.29) is 0 Å². The molecule has 1 saturated heterocycles. The maximum Gasteiger partial charge on any atom is 0.00843 e. The van der Waals surface area contributed by atoms with Crippen molar-refractivity contribution in [2.45, 2.75) is 58.2 Å². The summed E-state index contributed by atoms with van der Waals surface area (Å²) in [6, 6.07) is 1.79. The molecule has 1 heterocycles. The van der Waals surface area contributed by atoms with E-state index < -0.39 is 0 Å². The molecule has 2 heteroatoms. The average Bonchev–Trinajstić information content (AvgIpc) is 2.33. The number of hydrogen-bond donors (Lipinski definition) is 1. The Morgan fingerprint density at radius 2 is 2.17 bits per heavy atom. The Hall–Kier alpha value is -0.0800. The van der Waals surface area contributed by atoms with Crippen LogP contribution in [0.25, 0.3) is 0 Å². The molecule has 1 aliphatic rings. The van der Waals surface area contributed by atoms with Crippen molar-refractivity contribution in [1.82, 2.24) is 4.90 Å². The van der Waals surface area contributed by atoms with Gasteiger partial charge in [-0.25, -0.2) is 0 Å². The zero-order valence-corrected chi connectivity index (χ0v) is 8.59. The molecule has 0 aromatic carbocycles. The van der Waals surface area contributed by atoms with Crippen molar-refractivity contribution in [2.75, 3.05) is 6.54 Å². The highest BCUT2D eigenvalue weighted by Crippen LogP contribution is 2.21. The molecule has 1 rings (SSSR count). The van der Waals surface area contributed by atoms with Crippen molar-refractivity contribution in [3.05, 3.63) is 0 Å². The van der Waals surface area contributed by atoms with Crippen LogP contribution in [0, 0.1) is 0 Å². The fraction of sp³-hybridized carbons (Fsp3) is 1.00. The van der Waals surface area contributed by atoms with Crippen LogP contribution in [-0.2, 0) is 0 Å². The molecule has 1 fully saturated rings. The van der Waals surface area contributed by atoms with Crippen LogP contribution in [0.4, 0.5) is 0 Å². The predicted octanol–water partition coefficient (Wildman–Crippen LogP) is 1.60. The Balaban J connectivity index is 2.35. The lowest BCUT2D eigenvalue weighted by Crippen LogP contribution is -2.38. The molecule has 2 nitrogen and oxygen atoms in total. The first-order valence-corrected chi connectivity index (χ1v) is 5.12. The predicted molar refractivity (Wildman–Crippen MR) is 53.1 cm³/mol. The van der Waals surface area contributed by atoms with Crippen molar-refractivity contribution in [3.63, 3.8) is 0 Å². The molecule has 0 bridgehead atoms. The summed E-state index contributed by atoms with van der Waals surface area (Å²) < 4.78 is 0. The second-order valence-corrected chi connectivity index (χ2v) is 4.29. The third kappa shape index (κ3) is 2.46. The summed E-state index contributed by atoms with van der Waals surface area (Å²) in [6.07, 6.45) is 3.86. The van der Waals surface area contributed by atoms with E-state index in [1.54, 1.807) is 0 Å². The first-order valence-electron chi connectivity index (χ1n) is 5.12. The topological polar surface area (TPSA) is 29.3 Å². The second-order valence-electron chi connectivity index (χ2n) is 4.29. The summed E-state index contributed by atoms with van der Waals surface area (Å²) in [7, 11) is 0. The lowest BCUT2D eigenvalue weighted by molar-refractivity contribution is 0.188. The quantitative estimate of drug-likeness (QED) is 0.697. The van der Waals surface area contributed by atoms with Crippen LogP contribution < -0.4 is 5.73 Å². The normalized spacial score (nSPS) is 30.5. The van der Waals surface area contributed by atoms with Crippen LogP contribution >= 0.6 is 0 Å². The fourth-order valence-corrected chi connectivity index (χ4v) is 2.28. The molecule has 12 heavy (non-hydrogen) atoms. The van der Waals surface area contributed by atoms with E-state index in [0.29, 0.717) is 12.1 Å². The number of rotatable bonds is 3. The third-order valence-corrected chi connectivity index (χ3v) is 2.88. The van der Waals surface area contributed by atoms with E-state index in [1.807, 2.05) is 0 Å². The number of nitrogens with zero attached hydrogens (tertiary/aromatic N) is 1. The van der Waals surface area contributed by atoms with Crippen LogP contribution in [0.15, 0.2) is 0 Å². The molecule has 0 spiro atoms. The highest BCUT2D eigenvalue weighted by Gasteiger charge is 2.24. The highest BCUT2D eigenvalue weighted by atomic mass is 15.2. The molecule has 0 amide bonds. The Morgan fingerprint density at radius 3 is 2.58 bits per heavy atom. The van der Waals surface area contributed by atoms with Crippen molar-refractivity contribution in [1.29, 1.82) is 0 Å². The van der Waals surface area contributed by atoms with E-state index in [0.717, 1.165) is 12.5 Å². The number of nitrogens with two attached hydrogens (primary N) is 1. The molecule has 0 aliphatic carbocycles. The van der Waals surface area contributed by atoms with Gasteiger partial charge in [0.15, 0.2) is 0 Å². The fourth-order valence-electron chi connectivity index (χ4n) is 2.28. The zero-order valence-electron chi connectivity index (χ0n) is 8.59. The maximum atomic E-state index is 5.78. The summed E-state index contributed by atoms with van der Waals surface area (Å²) >= 11 is 0. The summed E-state index contributed by atoms with van der Waals surface area (Å²) in [6.45, 7) is 7.99. The van der Waals surface area contributed by atoms with Crippen molar-refractivity contribution < 1.29 is 0 Å². The second kappa shape index (κ2) is 4.24. The minimum absolute atomic E-state index is 0.341. The molecule has 0 aromatic heterocycles. The van der Waals surface area contributed by atoms with E-state index in [1.165, 1.54) is 19.4 Å². The van der Waals surface area contributed by atoms with Crippen LogP contribution in [-0.4, -0.2) is 29.6 Å². The van der Waals surface area contributed by atoms with Crippen molar-refractivity contribution in [2.24, 2.45) is 5.73 Å². The van der Waals surface area contributed by atoms with Crippen molar-refractivity contribution >= 4 is 0 Å². The first-order chi connectivity index (χ1) is 5.61. The molecular formula is C10H22N2. The molecule has 0 saturated carbocycles. The van der Waals surface area contributed by atoms with Gasteiger partial charge in [-0.15, -0.1) is 0 Å². The SMILES string of the molecule is CC(N)CC(C)N1CCCC1C. The van der Waals surface area contributed by atoms with E-state index >= 15 is 0 Å². The van der Waals surface area contributed by atoms with Gasteiger partial charge in [0, 0.05) is 18.1 Å². The Kier molecular flexibility index (Phi) is 3.53. The number of hydrogen-bond acceptors (Lipinski definition) is 2. The van der Waals surface area contributed by atoms with Gasteiger partial charge in [-0.1, -0.05) is 0 Å². The lowest BCUT2D eigenvalue weighted by Gasteiger charge is -2.29. The molecular weight excluding hydrogens is 148 g/mol. The highest BCUT2D eigenvalue weighted by molar-refractivity contribution is 4.81. The molecule has 72 valence electrons. The zero-order chi connectivity index (χ0) is 9.14. The molecule has 0 radical (unpaired) electrons. The Morgan fingerprint density at radius 1 is 1.50 bits per heavy atom. The minimum atomic E-state index is 0.341. The Labute approximate surface area is 76.1 Å². The average molecular weight is 170 g/mol. The minimum Gasteiger partial charge on any atom is -0.328 e. The smallest absolute Gasteiger partial charge is 0.00843 e. The molecule has 3 unspecified atom stereocenters. The first kappa shape index (κ1) is 10.0. The van der Waals surface area contributed by atoms with Crippen LogP contribution in [0.3, 0.4) is 0 Å². The van der Waals surface area contributed by atoms with Crippen LogP contribution in [0.2, 0.25) is 0 Å². The van der Waals surface area contributed by atoms with Gasteiger partial charge in [0.1, 0.15) is 0 Å². The summed E-state index contributed by atoms with van der Waals surface area (Å²) in [4.78, 5) is 2.59. The maximum absolute atomic E-state index is 5.78. The summed E-state index contributed by atoms with van der Waals surface area (Å²) in [5, 5.41) is 0. The van der Waals surface area contributed by atoms with Crippen molar-refractivity contribution in [3.8, 4) is 0 Å². The van der Waals surface area contributed by atoms with E-state index in [4.69, 9.17) is 5.73 Å². The molecule has 0 aromatic rings. The lowest BCUT2D eigenvalue weighted by atomic mass is 10.1. The van der Waals surface area contributed by atoms with Crippen LogP contribution in [0.5, 0.6) is 0 Å². The van der Waals surface area contributed by atoms with Gasteiger partial charge in [0.05, 0.1) is 0 Å². The van der Waals surface area contributed by atoms with Gasteiger partial charge in [0.2, 0.25) is 0 Å². The van der Waals surface area contributed by atoms with Gasteiger partial charge < -0.3 is 5.73 Å². The third-order valence-electron chi connectivity index (χ3n) is 2.88. The standard InChI is InChI=1S/C10H22N2/c1-8(11)7-10(3)12-6-4-5-9(12)2/h8-10H,4-7,11H2,1-3H3. The Bertz CT molecular complexity index is 134. The van der Waals surface area contributed by atoms with Gasteiger partial charge >= 0.3 is 0 Å². The van der Waals surface area contributed by atoms with Gasteiger partial charge in [0.25, 0.3) is 0 Å². The monoisotopic (exact) mass is 170 g/mol.